The fraction of sp³-hybridized carbons (Fsp3) is 0.571. The molecule has 18 heavy (non-hydrogen) atoms. The molecule has 3 rings (SSSR count). The van der Waals surface area contributed by atoms with Gasteiger partial charge < -0.3 is 5.32 Å². The summed E-state index contributed by atoms with van der Waals surface area (Å²) in [5, 5.41) is 4.32. The maximum absolute atomic E-state index is 5.99. The van der Waals surface area contributed by atoms with E-state index in [0.29, 0.717) is 0 Å². The van der Waals surface area contributed by atoms with Crippen LogP contribution in [0.3, 0.4) is 0 Å². The number of nitrogens with zero attached hydrogens (tertiary/aromatic N) is 1. The van der Waals surface area contributed by atoms with E-state index < -0.39 is 0 Å². The molecule has 0 aliphatic carbocycles. The first-order valence-electron chi connectivity index (χ1n) is 6.40. The van der Waals surface area contributed by atoms with Crippen molar-refractivity contribution >= 4 is 24.0 Å². The lowest BCUT2D eigenvalue weighted by Crippen LogP contribution is -2.25. The summed E-state index contributed by atoms with van der Waals surface area (Å²) in [7, 11) is 0. The molecule has 1 aromatic carbocycles. The molecule has 1 N–H and O–H groups in total. The second-order valence-electron chi connectivity index (χ2n) is 5.44. The lowest BCUT2D eigenvalue weighted by molar-refractivity contribution is 0.305. The molecule has 0 saturated carbocycles. The highest BCUT2D eigenvalue weighted by atomic mass is 35.5. The summed E-state index contributed by atoms with van der Waals surface area (Å²) in [5.74, 6) is 1.75. The Bertz CT molecular complexity index is 410. The molecule has 2 nitrogen and oxygen atoms in total. The highest BCUT2D eigenvalue weighted by Gasteiger charge is 2.35. The van der Waals surface area contributed by atoms with Gasteiger partial charge in [0.05, 0.1) is 0 Å². The summed E-state index contributed by atoms with van der Waals surface area (Å²) in [6.45, 7) is 8.15. The Labute approximate surface area is 120 Å². The average molecular weight is 287 g/mol. The van der Waals surface area contributed by atoms with Crippen molar-refractivity contribution in [2.45, 2.75) is 13.5 Å². The van der Waals surface area contributed by atoms with Crippen LogP contribution in [0.2, 0.25) is 5.02 Å². The van der Waals surface area contributed by atoms with Gasteiger partial charge >= 0.3 is 0 Å². The molecular formula is C14H20Cl2N2. The third-order valence-electron chi connectivity index (χ3n) is 4.16. The van der Waals surface area contributed by atoms with Gasteiger partial charge in [-0.1, -0.05) is 17.7 Å². The smallest absolute Gasteiger partial charge is 0.0408 e. The minimum atomic E-state index is 0. The normalized spacial score (nSPS) is 27.0. The first-order valence-corrected chi connectivity index (χ1v) is 6.78. The average Bonchev–Trinajstić information content (AvgIpc) is 2.82. The summed E-state index contributed by atoms with van der Waals surface area (Å²) in [6, 6.07) is 6.24. The Morgan fingerprint density at radius 3 is 2.56 bits per heavy atom. The molecule has 0 amide bonds. The van der Waals surface area contributed by atoms with Gasteiger partial charge in [0.25, 0.3) is 0 Å². The maximum Gasteiger partial charge on any atom is 0.0408 e. The third-order valence-corrected chi connectivity index (χ3v) is 4.40. The van der Waals surface area contributed by atoms with Gasteiger partial charge in [-0.05, 0) is 55.1 Å². The number of hydrogen-bond donors (Lipinski definition) is 1. The van der Waals surface area contributed by atoms with Gasteiger partial charge in [-0.25, -0.2) is 0 Å². The van der Waals surface area contributed by atoms with Gasteiger partial charge in [-0.15, -0.1) is 12.4 Å². The lowest BCUT2D eigenvalue weighted by atomic mass is 10.0. The molecule has 0 radical (unpaired) electrons. The number of aryl methyl sites for hydroxylation is 1. The van der Waals surface area contributed by atoms with Gasteiger partial charge in [0.1, 0.15) is 0 Å². The lowest BCUT2D eigenvalue weighted by Gasteiger charge is -2.18. The molecule has 2 aliphatic heterocycles. The zero-order valence-corrected chi connectivity index (χ0v) is 12.2. The van der Waals surface area contributed by atoms with Gasteiger partial charge in [-0.2, -0.15) is 0 Å². The van der Waals surface area contributed by atoms with E-state index in [0.717, 1.165) is 23.4 Å². The fourth-order valence-electron chi connectivity index (χ4n) is 3.16. The Hall–Kier alpha value is -0.280. The van der Waals surface area contributed by atoms with E-state index in [1.54, 1.807) is 0 Å². The van der Waals surface area contributed by atoms with E-state index >= 15 is 0 Å². The van der Waals surface area contributed by atoms with E-state index in [-0.39, 0.29) is 12.4 Å². The van der Waals surface area contributed by atoms with Crippen LogP contribution in [0.5, 0.6) is 0 Å². The number of hydrogen-bond acceptors (Lipinski definition) is 2. The van der Waals surface area contributed by atoms with Crippen LogP contribution in [-0.4, -0.2) is 31.1 Å². The number of fused-ring (bicyclic) bond motifs is 1. The van der Waals surface area contributed by atoms with Crippen LogP contribution in [0.15, 0.2) is 18.2 Å². The van der Waals surface area contributed by atoms with Crippen LogP contribution in [0, 0.1) is 18.8 Å². The van der Waals surface area contributed by atoms with E-state index in [4.69, 9.17) is 11.6 Å². The second kappa shape index (κ2) is 5.79. The Balaban J connectivity index is 0.00000120. The Kier molecular flexibility index (Phi) is 4.54. The third kappa shape index (κ3) is 2.83. The van der Waals surface area contributed by atoms with E-state index in [9.17, 15) is 0 Å². The van der Waals surface area contributed by atoms with Gasteiger partial charge in [0, 0.05) is 24.7 Å². The van der Waals surface area contributed by atoms with Crippen molar-refractivity contribution in [2.75, 3.05) is 26.2 Å². The molecule has 2 saturated heterocycles. The van der Waals surface area contributed by atoms with E-state index in [1.165, 1.54) is 37.3 Å². The van der Waals surface area contributed by atoms with Crippen molar-refractivity contribution in [3.05, 3.63) is 34.3 Å². The van der Waals surface area contributed by atoms with Crippen LogP contribution in [0.1, 0.15) is 11.1 Å². The van der Waals surface area contributed by atoms with Crippen molar-refractivity contribution in [1.29, 1.82) is 0 Å². The minimum Gasteiger partial charge on any atom is -0.316 e. The summed E-state index contributed by atoms with van der Waals surface area (Å²) in [4.78, 5) is 2.59. The fourth-order valence-corrected chi connectivity index (χ4v) is 3.39. The van der Waals surface area contributed by atoms with Gasteiger partial charge in [-0.3, -0.25) is 4.90 Å². The number of likely N-dealkylation sites (tertiary alicyclic amines) is 1. The number of nitrogens with one attached hydrogen (secondary N) is 1. The summed E-state index contributed by atoms with van der Waals surface area (Å²) >= 11 is 5.99. The van der Waals surface area contributed by atoms with Crippen molar-refractivity contribution < 1.29 is 0 Å². The number of benzene rings is 1. The van der Waals surface area contributed by atoms with Crippen LogP contribution >= 0.6 is 24.0 Å². The topological polar surface area (TPSA) is 15.3 Å². The largest absolute Gasteiger partial charge is 0.316 e. The predicted octanol–water partition coefficient (Wildman–Crippen LogP) is 2.72. The highest BCUT2D eigenvalue weighted by Crippen LogP contribution is 2.28. The Morgan fingerprint density at radius 2 is 1.94 bits per heavy atom. The molecule has 0 unspecified atom stereocenters. The molecule has 100 valence electrons. The summed E-state index contributed by atoms with van der Waals surface area (Å²) in [6.07, 6.45) is 0. The maximum atomic E-state index is 5.99. The minimum absolute atomic E-state index is 0. The number of halogens is 2. The summed E-state index contributed by atoms with van der Waals surface area (Å²) in [5.41, 5.74) is 2.73. The quantitative estimate of drug-likeness (QED) is 0.899. The number of rotatable bonds is 2. The molecule has 0 aromatic heterocycles. The van der Waals surface area contributed by atoms with E-state index in [2.05, 4.69) is 29.3 Å². The molecule has 2 atom stereocenters. The SMILES string of the molecule is Cc1cc(Cl)ccc1CN1C[C@H]2CNC[C@H]2C1.Cl. The van der Waals surface area contributed by atoms with Crippen LogP contribution in [0.25, 0.3) is 0 Å². The van der Waals surface area contributed by atoms with Crippen molar-refractivity contribution in [1.82, 2.24) is 10.2 Å². The van der Waals surface area contributed by atoms with E-state index in [1.807, 2.05) is 6.07 Å². The first kappa shape index (κ1) is 14.1. The highest BCUT2D eigenvalue weighted by molar-refractivity contribution is 6.30. The molecular weight excluding hydrogens is 267 g/mol. The van der Waals surface area contributed by atoms with Gasteiger partial charge in [0.2, 0.25) is 0 Å². The zero-order valence-electron chi connectivity index (χ0n) is 10.7. The zero-order chi connectivity index (χ0) is 11.8. The monoisotopic (exact) mass is 286 g/mol. The van der Waals surface area contributed by atoms with Crippen LogP contribution in [0.4, 0.5) is 0 Å². The molecule has 2 fully saturated rings. The van der Waals surface area contributed by atoms with Crippen molar-refractivity contribution in [2.24, 2.45) is 11.8 Å². The standard InChI is InChI=1S/C14H19ClN2.ClH/c1-10-4-14(15)3-2-11(10)7-17-8-12-5-16-6-13(12)9-17;/h2-4,12-13,16H,5-9H2,1H3;1H/t12-,13+;. The molecule has 0 spiro atoms. The predicted molar refractivity (Wildman–Crippen MR) is 78.6 cm³/mol. The van der Waals surface area contributed by atoms with Crippen molar-refractivity contribution in [3.63, 3.8) is 0 Å². The van der Waals surface area contributed by atoms with Crippen LogP contribution < -0.4 is 5.32 Å². The van der Waals surface area contributed by atoms with Crippen LogP contribution in [-0.2, 0) is 6.54 Å². The molecule has 2 aliphatic rings. The summed E-state index contributed by atoms with van der Waals surface area (Å²) < 4.78 is 0. The molecule has 2 heterocycles. The first-order chi connectivity index (χ1) is 8.22. The van der Waals surface area contributed by atoms with Gasteiger partial charge in [0.15, 0.2) is 0 Å². The van der Waals surface area contributed by atoms with Crippen molar-refractivity contribution in [3.8, 4) is 0 Å². The second-order valence-corrected chi connectivity index (χ2v) is 5.88. The molecule has 1 aromatic rings. The Morgan fingerprint density at radius 1 is 1.28 bits per heavy atom. The molecule has 4 heteroatoms. The molecule has 0 bridgehead atoms.